The highest BCUT2D eigenvalue weighted by atomic mass is 16.1. The van der Waals surface area contributed by atoms with E-state index in [0.29, 0.717) is 0 Å². The summed E-state index contributed by atoms with van der Waals surface area (Å²) in [4.78, 5) is 13.3. The molecule has 0 bridgehead atoms. The summed E-state index contributed by atoms with van der Waals surface area (Å²) in [6.45, 7) is 6.21. The molecule has 0 spiro atoms. The van der Waals surface area contributed by atoms with Crippen LogP contribution in [0.4, 0.5) is 0 Å². The fourth-order valence-electron chi connectivity index (χ4n) is 3.20. The molecule has 0 saturated heterocycles. The van der Waals surface area contributed by atoms with Crippen LogP contribution in [0.2, 0.25) is 0 Å². The van der Waals surface area contributed by atoms with E-state index in [4.69, 9.17) is 0 Å². The molecule has 1 atom stereocenters. The summed E-state index contributed by atoms with van der Waals surface area (Å²) < 4.78 is 0. The number of Topliss-reactive ketones (excluding diaryl/α,β-unsaturated/α-hetero) is 1. The largest absolute Gasteiger partial charge is 0.301 e. The molecule has 3 rings (SSSR count). The van der Waals surface area contributed by atoms with E-state index in [1.165, 1.54) is 5.56 Å². The zero-order chi connectivity index (χ0) is 19.9. The summed E-state index contributed by atoms with van der Waals surface area (Å²) in [6, 6.07) is 25.8. The monoisotopic (exact) mass is 369 g/mol. The van der Waals surface area contributed by atoms with Gasteiger partial charge in [-0.15, -0.1) is 0 Å². The molecule has 1 N–H and O–H groups in total. The predicted molar refractivity (Wildman–Crippen MR) is 118 cm³/mol. The number of rotatable bonds is 7. The molecule has 2 heteroatoms. The minimum absolute atomic E-state index is 0.0884. The highest BCUT2D eigenvalue weighted by Gasteiger charge is 2.24. The van der Waals surface area contributed by atoms with Crippen LogP contribution in [-0.2, 0) is 0 Å². The normalized spacial score (nSPS) is 12.4. The van der Waals surface area contributed by atoms with Crippen molar-refractivity contribution in [1.29, 1.82) is 0 Å². The van der Waals surface area contributed by atoms with Crippen molar-refractivity contribution in [3.63, 3.8) is 0 Å². The Labute approximate surface area is 167 Å². The number of hydrogen-bond acceptors (Lipinski definition) is 2. The minimum Gasteiger partial charge on any atom is -0.301 e. The zero-order valence-electron chi connectivity index (χ0n) is 16.7. The van der Waals surface area contributed by atoms with E-state index in [1.54, 1.807) is 0 Å². The van der Waals surface area contributed by atoms with Crippen LogP contribution in [0.15, 0.2) is 78.9 Å². The lowest BCUT2D eigenvalue weighted by atomic mass is 9.92. The van der Waals surface area contributed by atoms with Gasteiger partial charge in [-0.25, -0.2) is 0 Å². The lowest BCUT2D eigenvalue weighted by Crippen LogP contribution is -2.34. The molecular weight excluding hydrogens is 342 g/mol. The van der Waals surface area contributed by atoms with Gasteiger partial charge in [0.15, 0.2) is 5.78 Å². The van der Waals surface area contributed by atoms with E-state index in [0.717, 1.165) is 22.3 Å². The van der Waals surface area contributed by atoms with Crippen LogP contribution in [0, 0.1) is 6.92 Å². The Morgan fingerprint density at radius 1 is 0.821 bits per heavy atom. The quantitative estimate of drug-likeness (QED) is 0.403. The van der Waals surface area contributed by atoms with Gasteiger partial charge in [-0.3, -0.25) is 4.79 Å². The van der Waals surface area contributed by atoms with E-state index >= 15 is 0 Å². The van der Waals surface area contributed by atoms with Crippen molar-refractivity contribution in [2.75, 3.05) is 0 Å². The van der Waals surface area contributed by atoms with Gasteiger partial charge >= 0.3 is 0 Å². The third kappa shape index (κ3) is 5.05. The van der Waals surface area contributed by atoms with E-state index in [2.05, 4.69) is 68.6 Å². The van der Waals surface area contributed by atoms with Gasteiger partial charge in [0.1, 0.15) is 0 Å². The maximum Gasteiger partial charge on any atom is 0.184 e. The fourth-order valence-corrected chi connectivity index (χ4v) is 3.20. The third-order valence-corrected chi connectivity index (χ3v) is 4.66. The molecule has 0 fully saturated rings. The van der Waals surface area contributed by atoms with Crippen LogP contribution in [0.5, 0.6) is 0 Å². The Morgan fingerprint density at radius 2 is 1.46 bits per heavy atom. The molecule has 0 aliphatic rings. The Balaban J connectivity index is 1.96. The van der Waals surface area contributed by atoms with Crippen molar-refractivity contribution < 1.29 is 4.79 Å². The SMILES string of the molecule is Cc1ccc(/C=C/c2ccccc2C(NC(C)C)C(=O)c2ccccc2)cc1. The summed E-state index contributed by atoms with van der Waals surface area (Å²) in [6.07, 6.45) is 4.19. The molecule has 0 aliphatic carbocycles. The zero-order valence-corrected chi connectivity index (χ0v) is 16.7. The van der Waals surface area contributed by atoms with Crippen molar-refractivity contribution in [2.45, 2.75) is 32.9 Å². The summed E-state index contributed by atoms with van der Waals surface area (Å²) in [5, 5.41) is 3.46. The number of benzene rings is 3. The molecule has 0 heterocycles. The number of aryl methyl sites for hydroxylation is 1. The topological polar surface area (TPSA) is 29.1 Å². The summed E-state index contributed by atoms with van der Waals surface area (Å²) >= 11 is 0. The summed E-state index contributed by atoms with van der Waals surface area (Å²) in [5.41, 5.74) is 5.15. The summed E-state index contributed by atoms with van der Waals surface area (Å²) in [7, 11) is 0. The summed E-state index contributed by atoms with van der Waals surface area (Å²) in [5.74, 6) is 0.0884. The van der Waals surface area contributed by atoms with Gasteiger partial charge in [0.2, 0.25) is 0 Å². The van der Waals surface area contributed by atoms with Gasteiger partial charge in [-0.2, -0.15) is 0 Å². The lowest BCUT2D eigenvalue weighted by Gasteiger charge is -2.22. The number of carbonyl (C=O) groups is 1. The van der Waals surface area contributed by atoms with Crippen molar-refractivity contribution in [3.8, 4) is 0 Å². The fraction of sp³-hybridized carbons (Fsp3) is 0.192. The maximum absolute atomic E-state index is 13.3. The van der Waals surface area contributed by atoms with Gasteiger partial charge in [0.05, 0.1) is 6.04 Å². The van der Waals surface area contributed by atoms with Gasteiger partial charge in [-0.05, 0) is 37.5 Å². The second-order valence-corrected chi connectivity index (χ2v) is 7.36. The third-order valence-electron chi connectivity index (χ3n) is 4.66. The van der Waals surface area contributed by atoms with E-state index in [1.807, 2.05) is 48.5 Å². The molecule has 0 amide bonds. The maximum atomic E-state index is 13.3. The van der Waals surface area contributed by atoms with Crippen LogP contribution in [0.25, 0.3) is 12.2 Å². The molecule has 0 aromatic heterocycles. The Bertz CT molecular complexity index is 940. The standard InChI is InChI=1S/C26H27NO/c1-19(2)27-25(26(28)23-10-5-4-6-11-23)24-12-8-7-9-22(24)18-17-21-15-13-20(3)14-16-21/h4-19,25,27H,1-3H3/b18-17+. The Kier molecular flexibility index (Phi) is 6.57. The van der Waals surface area contributed by atoms with Crippen molar-refractivity contribution >= 4 is 17.9 Å². The highest BCUT2D eigenvalue weighted by molar-refractivity contribution is 6.01. The van der Waals surface area contributed by atoms with E-state index in [9.17, 15) is 4.79 Å². The van der Waals surface area contributed by atoms with Crippen molar-refractivity contribution in [1.82, 2.24) is 5.32 Å². The van der Waals surface area contributed by atoms with Crippen LogP contribution in [-0.4, -0.2) is 11.8 Å². The van der Waals surface area contributed by atoms with Gasteiger partial charge in [0.25, 0.3) is 0 Å². The van der Waals surface area contributed by atoms with Crippen molar-refractivity contribution in [2.24, 2.45) is 0 Å². The predicted octanol–water partition coefficient (Wildman–Crippen LogP) is 6.09. The average Bonchev–Trinajstić information content (AvgIpc) is 2.72. The van der Waals surface area contributed by atoms with Crippen molar-refractivity contribution in [3.05, 3.63) is 107 Å². The first-order chi connectivity index (χ1) is 13.5. The second-order valence-electron chi connectivity index (χ2n) is 7.36. The van der Waals surface area contributed by atoms with E-state index < -0.39 is 0 Å². The Morgan fingerprint density at radius 3 is 2.14 bits per heavy atom. The molecule has 28 heavy (non-hydrogen) atoms. The van der Waals surface area contributed by atoms with Crippen LogP contribution >= 0.6 is 0 Å². The van der Waals surface area contributed by atoms with Gasteiger partial charge in [-0.1, -0.05) is 96.6 Å². The number of carbonyl (C=O) groups excluding carboxylic acids is 1. The molecular formula is C26H27NO. The van der Waals surface area contributed by atoms with Gasteiger partial charge < -0.3 is 5.32 Å². The molecule has 0 aliphatic heterocycles. The van der Waals surface area contributed by atoms with Crippen LogP contribution < -0.4 is 5.32 Å². The smallest absolute Gasteiger partial charge is 0.184 e. The first kappa shape index (κ1) is 19.8. The Hall–Kier alpha value is -2.97. The molecule has 0 radical (unpaired) electrons. The molecule has 1 unspecified atom stereocenters. The molecule has 142 valence electrons. The highest BCUT2D eigenvalue weighted by Crippen LogP contribution is 2.25. The first-order valence-corrected chi connectivity index (χ1v) is 9.73. The molecule has 0 saturated carbocycles. The average molecular weight is 370 g/mol. The number of ketones is 1. The lowest BCUT2D eigenvalue weighted by molar-refractivity contribution is 0.0938. The number of nitrogens with one attached hydrogen (secondary N) is 1. The first-order valence-electron chi connectivity index (χ1n) is 9.73. The van der Waals surface area contributed by atoms with E-state index in [-0.39, 0.29) is 17.9 Å². The van der Waals surface area contributed by atoms with Crippen LogP contribution in [0.1, 0.15) is 52.5 Å². The molecule has 2 nitrogen and oxygen atoms in total. The van der Waals surface area contributed by atoms with Crippen LogP contribution in [0.3, 0.4) is 0 Å². The second kappa shape index (κ2) is 9.29. The molecule has 3 aromatic carbocycles. The minimum atomic E-state index is -0.388. The number of hydrogen-bond donors (Lipinski definition) is 1. The van der Waals surface area contributed by atoms with Gasteiger partial charge in [0, 0.05) is 11.6 Å². The molecule has 3 aromatic rings.